The van der Waals surface area contributed by atoms with E-state index in [9.17, 15) is 13.6 Å². The zero-order valence-electron chi connectivity index (χ0n) is 11.3. The minimum Gasteiger partial charge on any atom is -0.352 e. The number of carbonyl (C=O) groups is 1. The van der Waals surface area contributed by atoms with Crippen molar-refractivity contribution >= 4 is 5.91 Å². The van der Waals surface area contributed by atoms with Gasteiger partial charge in [0.1, 0.15) is 17.2 Å². The predicted octanol–water partition coefficient (Wildman–Crippen LogP) is 2.38. The molecule has 0 aromatic heterocycles. The summed E-state index contributed by atoms with van der Waals surface area (Å²) in [5.41, 5.74) is 5.22. The number of amides is 1. The molecule has 0 aliphatic heterocycles. The molecule has 1 atom stereocenters. The molecule has 5 heteroatoms. The van der Waals surface area contributed by atoms with Gasteiger partial charge in [-0.25, -0.2) is 8.78 Å². The minimum absolute atomic E-state index is 0.253. The van der Waals surface area contributed by atoms with Gasteiger partial charge in [-0.1, -0.05) is 13.0 Å². The summed E-state index contributed by atoms with van der Waals surface area (Å²) in [5, 5.41) is 2.53. The van der Waals surface area contributed by atoms with Crippen molar-refractivity contribution in [1.29, 1.82) is 0 Å². The number of hydrogen-bond donors (Lipinski definition) is 2. The van der Waals surface area contributed by atoms with Gasteiger partial charge in [0, 0.05) is 6.54 Å². The third-order valence-corrected chi connectivity index (χ3v) is 3.07. The average molecular weight is 270 g/mol. The van der Waals surface area contributed by atoms with Crippen LogP contribution in [0.15, 0.2) is 12.1 Å². The van der Waals surface area contributed by atoms with Gasteiger partial charge in [-0.15, -0.1) is 0 Å². The van der Waals surface area contributed by atoms with Crippen molar-refractivity contribution in [3.05, 3.63) is 34.9 Å². The second-order valence-electron chi connectivity index (χ2n) is 4.79. The van der Waals surface area contributed by atoms with Gasteiger partial charge in [-0.2, -0.15) is 0 Å². The van der Waals surface area contributed by atoms with Crippen LogP contribution < -0.4 is 11.1 Å². The van der Waals surface area contributed by atoms with Crippen LogP contribution in [0.2, 0.25) is 0 Å². The Bertz CT molecular complexity index is 449. The minimum atomic E-state index is -0.837. The van der Waals surface area contributed by atoms with E-state index in [1.54, 1.807) is 0 Å². The van der Waals surface area contributed by atoms with Gasteiger partial charge < -0.3 is 11.1 Å². The van der Waals surface area contributed by atoms with Crippen LogP contribution >= 0.6 is 0 Å². The molecule has 1 aromatic rings. The van der Waals surface area contributed by atoms with Crippen LogP contribution in [0.5, 0.6) is 0 Å². The largest absolute Gasteiger partial charge is 0.352 e. The molecule has 0 aliphatic carbocycles. The summed E-state index contributed by atoms with van der Waals surface area (Å²) >= 11 is 0. The lowest BCUT2D eigenvalue weighted by Gasteiger charge is -2.10. The van der Waals surface area contributed by atoms with Gasteiger partial charge in [0.25, 0.3) is 5.91 Å². The summed E-state index contributed by atoms with van der Waals surface area (Å²) < 4.78 is 27.1. The summed E-state index contributed by atoms with van der Waals surface area (Å²) in [5.74, 6) is -1.97. The van der Waals surface area contributed by atoms with E-state index in [2.05, 4.69) is 5.32 Å². The molecule has 3 nitrogen and oxygen atoms in total. The molecule has 1 amide bonds. The SMILES string of the molecule is Cc1ccc(F)c(C(=O)NCCCC(C)CN)c1F. The van der Waals surface area contributed by atoms with Crippen molar-refractivity contribution in [3.63, 3.8) is 0 Å². The van der Waals surface area contributed by atoms with E-state index in [0.29, 0.717) is 19.0 Å². The second kappa shape index (κ2) is 7.19. The van der Waals surface area contributed by atoms with Crippen LogP contribution in [-0.2, 0) is 0 Å². The Kier molecular flexibility index (Phi) is 5.89. The molecule has 0 heterocycles. The highest BCUT2D eigenvalue weighted by Crippen LogP contribution is 2.16. The Labute approximate surface area is 112 Å². The lowest BCUT2D eigenvalue weighted by Crippen LogP contribution is -2.27. The maximum Gasteiger partial charge on any atom is 0.257 e. The van der Waals surface area contributed by atoms with Gasteiger partial charge in [-0.3, -0.25) is 4.79 Å². The topological polar surface area (TPSA) is 55.1 Å². The maximum absolute atomic E-state index is 13.7. The molecule has 0 radical (unpaired) electrons. The van der Waals surface area contributed by atoms with E-state index in [-0.39, 0.29) is 5.56 Å². The molecular weight excluding hydrogens is 250 g/mol. The number of aryl methyl sites for hydroxylation is 1. The standard InChI is InChI=1S/C14H20F2N2O/c1-9(8-17)4-3-7-18-14(19)12-11(15)6-5-10(2)13(12)16/h5-6,9H,3-4,7-8,17H2,1-2H3,(H,18,19). The predicted molar refractivity (Wildman–Crippen MR) is 70.9 cm³/mol. The third-order valence-electron chi connectivity index (χ3n) is 3.07. The van der Waals surface area contributed by atoms with Crippen LogP contribution in [-0.4, -0.2) is 19.0 Å². The summed E-state index contributed by atoms with van der Waals surface area (Å²) in [6.07, 6.45) is 1.61. The summed E-state index contributed by atoms with van der Waals surface area (Å²) in [6.45, 7) is 4.49. The number of carbonyl (C=O) groups excluding carboxylic acids is 1. The highest BCUT2D eigenvalue weighted by atomic mass is 19.1. The molecule has 0 saturated carbocycles. The number of rotatable bonds is 6. The van der Waals surface area contributed by atoms with Crippen LogP contribution in [0.1, 0.15) is 35.7 Å². The Hall–Kier alpha value is -1.49. The molecule has 0 spiro atoms. The highest BCUT2D eigenvalue weighted by molar-refractivity contribution is 5.94. The molecule has 1 aromatic carbocycles. The van der Waals surface area contributed by atoms with Gasteiger partial charge >= 0.3 is 0 Å². The van der Waals surface area contributed by atoms with Gasteiger partial charge in [-0.05, 0) is 43.9 Å². The fourth-order valence-corrected chi connectivity index (χ4v) is 1.72. The van der Waals surface area contributed by atoms with Gasteiger partial charge in [0.15, 0.2) is 0 Å². The van der Waals surface area contributed by atoms with E-state index in [1.807, 2.05) is 6.92 Å². The van der Waals surface area contributed by atoms with Crippen LogP contribution in [0.25, 0.3) is 0 Å². The maximum atomic E-state index is 13.7. The molecule has 0 fully saturated rings. The first kappa shape index (κ1) is 15.6. The normalized spacial score (nSPS) is 12.3. The fraction of sp³-hybridized carbons (Fsp3) is 0.500. The average Bonchev–Trinajstić information content (AvgIpc) is 2.39. The first-order valence-electron chi connectivity index (χ1n) is 6.40. The molecule has 0 bridgehead atoms. The van der Waals surface area contributed by atoms with Crippen molar-refractivity contribution in [1.82, 2.24) is 5.32 Å². The van der Waals surface area contributed by atoms with Crippen molar-refractivity contribution < 1.29 is 13.6 Å². The number of benzene rings is 1. The van der Waals surface area contributed by atoms with E-state index >= 15 is 0 Å². The number of hydrogen-bond acceptors (Lipinski definition) is 2. The molecule has 3 N–H and O–H groups in total. The van der Waals surface area contributed by atoms with Crippen molar-refractivity contribution in [2.24, 2.45) is 11.7 Å². The smallest absolute Gasteiger partial charge is 0.257 e. The third kappa shape index (κ3) is 4.28. The van der Waals surface area contributed by atoms with Crippen LogP contribution in [0, 0.1) is 24.5 Å². The lowest BCUT2D eigenvalue weighted by atomic mass is 10.1. The molecule has 19 heavy (non-hydrogen) atoms. The molecule has 1 unspecified atom stereocenters. The molecule has 0 aliphatic rings. The zero-order valence-corrected chi connectivity index (χ0v) is 11.3. The Morgan fingerprint density at radius 1 is 1.42 bits per heavy atom. The van der Waals surface area contributed by atoms with Crippen molar-refractivity contribution in [2.75, 3.05) is 13.1 Å². The second-order valence-corrected chi connectivity index (χ2v) is 4.79. The molecule has 1 rings (SSSR count). The van der Waals surface area contributed by atoms with Gasteiger partial charge in [0.2, 0.25) is 0 Å². The monoisotopic (exact) mass is 270 g/mol. The quantitative estimate of drug-likeness (QED) is 0.780. The van der Waals surface area contributed by atoms with Crippen LogP contribution in [0.4, 0.5) is 8.78 Å². The zero-order chi connectivity index (χ0) is 14.4. The first-order valence-corrected chi connectivity index (χ1v) is 6.40. The van der Waals surface area contributed by atoms with Gasteiger partial charge in [0.05, 0.1) is 0 Å². The Balaban J connectivity index is 2.57. The van der Waals surface area contributed by atoms with E-state index in [0.717, 1.165) is 18.9 Å². The van der Waals surface area contributed by atoms with Crippen LogP contribution in [0.3, 0.4) is 0 Å². The van der Waals surface area contributed by atoms with E-state index < -0.39 is 23.1 Å². The number of nitrogens with two attached hydrogens (primary N) is 1. The summed E-state index contributed by atoms with van der Waals surface area (Å²) in [6, 6.07) is 2.41. The van der Waals surface area contributed by atoms with Crippen molar-refractivity contribution in [3.8, 4) is 0 Å². The highest BCUT2D eigenvalue weighted by Gasteiger charge is 2.18. The fourth-order valence-electron chi connectivity index (χ4n) is 1.72. The Morgan fingerprint density at radius 2 is 2.11 bits per heavy atom. The number of halogens is 2. The Morgan fingerprint density at radius 3 is 2.74 bits per heavy atom. The summed E-state index contributed by atoms with van der Waals surface area (Å²) in [4.78, 5) is 11.7. The van der Waals surface area contributed by atoms with Crippen molar-refractivity contribution in [2.45, 2.75) is 26.7 Å². The van der Waals surface area contributed by atoms with E-state index in [4.69, 9.17) is 5.73 Å². The first-order chi connectivity index (χ1) is 8.97. The molecular formula is C14H20F2N2O. The lowest BCUT2D eigenvalue weighted by molar-refractivity contribution is 0.0944. The molecule has 106 valence electrons. The summed E-state index contributed by atoms with van der Waals surface area (Å²) in [7, 11) is 0. The number of nitrogens with one attached hydrogen (secondary N) is 1. The molecule has 0 saturated heterocycles. The van der Waals surface area contributed by atoms with E-state index in [1.165, 1.54) is 13.0 Å².